The molecular formula is C21H27N7O2. The van der Waals surface area contributed by atoms with Crippen molar-refractivity contribution in [3.8, 4) is 0 Å². The lowest BCUT2D eigenvalue weighted by Gasteiger charge is -2.36. The third-order valence-corrected chi connectivity index (χ3v) is 5.62. The van der Waals surface area contributed by atoms with Crippen LogP contribution < -0.4 is 10.5 Å². The van der Waals surface area contributed by atoms with Gasteiger partial charge in [-0.15, -0.1) is 10.2 Å². The minimum Gasteiger partial charge on any atom is -0.354 e. The van der Waals surface area contributed by atoms with Crippen LogP contribution in [0.3, 0.4) is 0 Å². The van der Waals surface area contributed by atoms with Crippen molar-refractivity contribution in [2.75, 3.05) is 31.1 Å². The summed E-state index contributed by atoms with van der Waals surface area (Å²) in [6.07, 6.45) is 6.05. The predicted octanol–water partition coefficient (Wildman–Crippen LogP) is 1.60. The Morgan fingerprint density at radius 3 is 2.67 bits per heavy atom. The van der Waals surface area contributed by atoms with Crippen molar-refractivity contribution in [2.45, 2.75) is 33.7 Å². The molecule has 3 aromatic heterocycles. The highest BCUT2D eigenvalue weighted by Crippen LogP contribution is 2.18. The predicted molar refractivity (Wildman–Crippen MR) is 114 cm³/mol. The number of piperazine rings is 1. The van der Waals surface area contributed by atoms with E-state index in [1.165, 1.54) is 0 Å². The van der Waals surface area contributed by atoms with Gasteiger partial charge < -0.3 is 14.4 Å². The molecular weight excluding hydrogens is 382 g/mol. The molecule has 0 aromatic carbocycles. The molecule has 1 aliphatic heterocycles. The van der Waals surface area contributed by atoms with E-state index >= 15 is 0 Å². The van der Waals surface area contributed by atoms with Crippen molar-refractivity contribution < 1.29 is 4.79 Å². The third-order valence-electron chi connectivity index (χ3n) is 5.62. The van der Waals surface area contributed by atoms with Crippen LogP contribution in [0.15, 0.2) is 35.6 Å². The summed E-state index contributed by atoms with van der Waals surface area (Å²) < 4.78 is 3.50. The molecule has 1 fully saturated rings. The van der Waals surface area contributed by atoms with Crippen LogP contribution in [-0.2, 0) is 6.54 Å². The molecule has 9 nitrogen and oxygen atoms in total. The summed E-state index contributed by atoms with van der Waals surface area (Å²) in [7, 11) is 0. The average Bonchev–Trinajstić information content (AvgIpc) is 3.22. The Morgan fingerprint density at radius 2 is 1.93 bits per heavy atom. The number of rotatable bonds is 5. The Kier molecular flexibility index (Phi) is 5.52. The van der Waals surface area contributed by atoms with E-state index in [0.717, 1.165) is 17.8 Å². The van der Waals surface area contributed by atoms with Crippen LogP contribution in [0.5, 0.6) is 0 Å². The summed E-state index contributed by atoms with van der Waals surface area (Å²) in [6, 6.07) is 3.79. The van der Waals surface area contributed by atoms with Gasteiger partial charge in [0.2, 0.25) is 0 Å². The zero-order valence-corrected chi connectivity index (χ0v) is 17.7. The molecule has 9 heteroatoms. The second kappa shape index (κ2) is 8.25. The van der Waals surface area contributed by atoms with E-state index in [0.29, 0.717) is 50.0 Å². The van der Waals surface area contributed by atoms with Gasteiger partial charge in [0.1, 0.15) is 17.7 Å². The van der Waals surface area contributed by atoms with Gasteiger partial charge in [-0.2, -0.15) is 0 Å². The SMILES string of the molecule is Cc1ccn(CCC(C)C)c(=O)c1C(=O)N1CCN(c2ccnc3nncn23)CC1. The maximum Gasteiger partial charge on any atom is 0.263 e. The first kappa shape index (κ1) is 20.1. The summed E-state index contributed by atoms with van der Waals surface area (Å²) in [6.45, 7) is 9.13. The smallest absolute Gasteiger partial charge is 0.263 e. The van der Waals surface area contributed by atoms with Crippen LogP contribution in [0.2, 0.25) is 0 Å². The zero-order chi connectivity index (χ0) is 21.3. The fourth-order valence-corrected chi connectivity index (χ4v) is 3.78. The minimum absolute atomic E-state index is 0.180. The highest BCUT2D eigenvalue weighted by atomic mass is 16.2. The van der Waals surface area contributed by atoms with E-state index in [-0.39, 0.29) is 11.5 Å². The lowest BCUT2D eigenvalue weighted by atomic mass is 10.1. The standard InChI is InChI=1S/C21H27N7O2/c1-15(2)5-8-26-9-6-16(3)18(19(26)29)20(30)27-12-10-25(11-13-27)17-4-7-22-21-24-23-14-28(17)21/h4,6-7,9,14-15H,5,8,10-13H2,1-3H3. The highest BCUT2D eigenvalue weighted by molar-refractivity contribution is 5.95. The first-order valence-electron chi connectivity index (χ1n) is 10.3. The fourth-order valence-electron chi connectivity index (χ4n) is 3.78. The van der Waals surface area contributed by atoms with E-state index in [1.807, 2.05) is 23.5 Å². The Hall–Kier alpha value is -3.23. The van der Waals surface area contributed by atoms with Crippen LogP contribution >= 0.6 is 0 Å². The third kappa shape index (κ3) is 3.79. The van der Waals surface area contributed by atoms with E-state index in [9.17, 15) is 9.59 Å². The maximum atomic E-state index is 13.2. The highest BCUT2D eigenvalue weighted by Gasteiger charge is 2.26. The molecule has 4 heterocycles. The molecule has 0 radical (unpaired) electrons. The lowest BCUT2D eigenvalue weighted by molar-refractivity contribution is 0.0743. The molecule has 0 bridgehead atoms. The van der Waals surface area contributed by atoms with Crippen LogP contribution in [0.4, 0.5) is 5.82 Å². The Labute approximate surface area is 175 Å². The van der Waals surface area contributed by atoms with Gasteiger partial charge in [-0.3, -0.25) is 14.0 Å². The molecule has 0 saturated carbocycles. The molecule has 158 valence electrons. The van der Waals surface area contributed by atoms with Gasteiger partial charge in [0, 0.05) is 45.1 Å². The Bertz CT molecular complexity index is 1110. The molecule has 0 spiro atoms. The second-order valence-electron chi connectivity index (χ2n) is 8.14. The van der Waals surface area contributed by atoms with Gasteiger partial charge in [0.15, 0.2) is 0 Å². The van der Waals surface area contributed by atoms with Gasteiger partial charge in [-0.05, 0) is 37.0 Å². The molecule has 3 aromatic rings. The zero-order valence-electron chi connectivity index (χ0n) is 17.7. The topological polar surface area (TPSA) is 88.6 Å². The number of carbonyl (C=O) groups is 1. The number of fused-ring (bicyclic) bond motifs is 1. The molecule has 0 aliphatic carbocycles. The van der Waals surface area contributed by atoms with Gasteiger partial charge in [-0.25, -0.2) is 4.98 Å². The lowest BCUT2D eigenvalue weighted by Crippen LogP contribution is -2.50. The number of hydrogen-bond donors (Lipinski definition) is 0. The fraction of sp³-hybridized carbons (Fsp3) is 0.476. The van der Waals surface area contributed by atoms with Crippen LogP contribution in [0.25, 0.3) is 5.78 Å². The monoisotopic (exact) mass is 409 g/mol. The van der Waals surface area contributed by atoms with Gasteiger partial charge >= 0.3 is 0 Å². The van der Waals surface area contributed by atoms with Crippen molar-refractivity contribution in [1.29, 1.82) is 0 Å². The van der Waals surface area contributed by atoms with E-state index in [1.54, 1.807) is 28.2 Å². The van der Waals surface area contributed by atoms with Crippen molar-refractivity contribution in [2.24, 2.45) is 5.92 Å². The number of aryl methyl sites for hydroxylation is 2. The molecule has 4 rings (SSSR count). The largest absolute Gasteiger partial charge is 0.354 e. The summed E-state index contributed by atoms with van der Waals surface area (Å²) >= 11 is 0. The van der Waals surface area contributed by atoms with Crippen LogP contribution in [-0.4, -0.2) is 61.1 Å². The number of carbonyl (C=O) groups excluding carboxylic acids is 1. The summed E-state index contributed by atoms with van der Waals surface area (Å²) in [5.74, 6) is 1.81. The number of hydrogen-bond acceptors (Lipinski definition) is 6. The van der Waals surface area contributed by atoms with E-state index < -0.39 is 0 Å². The maximum absolute atomic E-state index is 13.2. The number of nitrogens with zero attached hydrogens (tertiary/aromatic N) is 7. The Balaban J connectivity index is 1.50. The summed E-state index contributed by atoms with van der Waals surface area (Å²) in [5.41, 5.74) is 0.830. The molecule has 1 saturated heterocycles. The number of pyridine rings is 1. The van der Waals surface area contributed by atoms with Crippen molar-refractivity contribution >= 4 is 17.5 Å². The molecule has 0 unspecified atom stereocenters. The van der Waals surface area contributed by atoms with Crippen molar-refractivity contribution in [1.82, 2.24) is 29.0 Å². The van der Waals surface area contributed by atoms with E-state index in [2.05, 4.69) is 33.9 Å². The van der Waals surface area contributed by atoms with Crippen molar-refractivity contribution in [3.63, 3.8) is 0 Å². The van der Waals surface area contributed by atoms with Crippen LogP contribution in [0.1, 0.15) is 36.2 Å². The van der Waals surface area contributed by atoms with Gasteiger partial charge in [-0.1, -0.05) is 13.8 Å². The van der Waals surface area contributed by atoms with Crippen molar-refractivity contribution in [3.05, 3.63) is 52.3 Å². The number of aromatic nitrogens is 5. The first-order valence-corrected chi connectivity index (χ1v) is 10.3. The van der Waals surface area contributed by atoms with E-state index in [4.69, 9.17) is 0 Å². The van der Waals surface area contributed by atoms with Gasteiger partial charge in [0.05, 0.1) is 0 Å². The molecule has 0 atom stereocenters. The molecule has 1 amide bonds. The molecule has 1 aliphatic rings. The minimum atomic E-state index is -0.191. The quantitative estimate of drug-likeness (QED) is 0.636. The van der Waals surface area contributed by atoms with Gasteiger partial charge in [0.25, 0.3) is 17.2 Å². The normalized spacial score (nSPS) is 14.7. The number of anilines is 1. The first-order chi connectivity index (χ1) is 14.5. The summed E-state index contributed by atoms with van der Waals surface area (Å²) in [4.78, 5) is 34.3. The number of amides is 1. The average molecular weight is 409 g/mol. The van der Waals surface area contributed by atoms with Crippen LogP contribution in [0, 0.1) is 12.8 Å². The second-order valence-corrected chi connectivity index (χ2v) is 8.14. The Morgan fingerprint density at radius 1 is 1.17 bits per heavy atom. The molecule has 30 heavy (non-hydrogen) atoms. The molecule has 0 N–H and O–H groups in total. The summed E-state index contributed by atoms with van der Waals surface area (Å²) in [5, 5.41) is 7.90.